The SMILES string of the molecule is CS(=O)(=O)C(CC(=N)N)SCc1csc(N=C(N)N)n1. The molecular formula is C9H16N6O2S3. The van der Waals surface area contributed by atoms with Gasteiger partial charge in [-0.05, 0) is 0 Å². The Morgan fingerprint density at radius 1 is 1.55 bits per heavy atom. The third-order valence-electron chi connectivity index (χ3n) is 2.05. The number of thioether (sulfide) groups is 1. The molecule has 1 unspecified atom stereocenters. The Labute approximate surface area is 125 Å². The van der Waals surface area contributed by atoms with E-state index in [-0.39, 0.29) is 18.2 Å². The van der Waals surface area contributed by atoms with Crippen LogP contribution in [0.1, 0.15) is 12.1 Å². The molecule has 20 heavy (non-hydrogen) atoms. The third-order valence-corrected chi connectivity index (χ3v) is 6.41. The molecule has 1 aromatic rings. The number of nitrogens with one attached hydrogen (secondary N) is 1. The first-order chi connectivity index (χ1) is 9.18. The van der Waals surface area contributed by atoms with Crippen LogP contribution in [0.5, 0.6) is 0 Å². The third kappa shape index (κ3) is 5.75. The molecule has 8 nitrogen and oxygen atoms in total. The Morgan fingerprint density at radius 3 is 2.70 bits per heavy atom. The number of nitrogens with two attached hydrogens (primary N) is 3. The van der Waals surface area contributed by atoms with Gasteiger partial charge in [0.05, 0.1) is 11.5 Å². The molecule has 0 aliphatic rings. The topological polar surface area (TPSA) is 161 Å². The van der Waals surface area contributed by atoms with Crippen molar-refractivity contribution >= 4 is 49.9 Å². The van der Waals surface area contributed by atoms with E-state index in [1.165, 1.54) is 23.1 Å². The fourth-order valence-electron chi connectivity index (χ4n) is 1.22. The molecule has 112 valence electrons. The van der Waals surface area contributed by atoms with Gasteiger partial charge in [-0.25, -0.2) is 13.4 Å². The molecule has 0 radical (unpaired) electrons. The molecule has 1 rings (SSSR count). The van der Waals surface area contributed by atoms with Gasteiger partial charge in [-0.1, -0.05) is 0 Å². The van der Waals surface area contributed by atoms with E-state index in [1.54, 1.807) is 5.38 Å². The van der Waals surface area contributed by atoms with Crippen molar-refractivity contribution in [2.45, 2.75) is 16.8 Å². The van der Waals surface area contributed by atoms with Crippen LogP contribution in [0.25, 0.3) is 0 Å². The Balaban J connectivity index is 2.70. The summed E-state index contributed by atoms with van der Waals surface area (Å²) in [5.41, 5.74) is 16.4. The molecule has 11 heteroatoms. The highest BCUT2D eigenvalue weighted by Gasteiger charge is 2.22. The first kappa shape index (κ1) is 16.7. The minimum Gasteiger partial charge on any atom is -0.388 e. The van der Waals surface area contributed by atoms with Crippen molar-refractivity contribution in [3.8, 4) is 0 Å². The minimum atomic E-state index is -3.29. The lowest BCUT2D eigenvalue weighted by atomic mass is 10.5. The summed E-state index contributed by atoms with van der Waals surface area (Å²) in [5.74, 6) is 0.137. The second kappa shape index (κ2) is 6.90. The average Bonchev–Trinajstić information content (AvgIpc) is 2.69. The van der Waals surface area contributed by atoms with Crippen molar-refractivity contribution in [2.24, 2.45) is 22.2 Å². The normalized spacial score (nSPS) is 12.8. The molecule has 1 aromatic heterocycles. The zero-order valence-electron chi connectivity index (χ0n) is 10.7. The summed E-state index contributed by atoms with van der Waals surface area (Å²) in [6.45, 7) is 0. The first-order valence-corrected chi connectivity index (χ1v) is 9.24. The summed E-state index contributed by atoms with van der Waals surface area (Å²) >= 11 is 2.43. The molecule has 0 aromatic carbocycles. The molecule has 0 saturated heterocycles. The van der Waals surface area contributed by atoms with Crippen molar-refractivity contribution in [1.82, 2.24) is 4.98 Å². The maximum atomic E-state index is 11.6. The first-order valence-electron chi connectivity index (χ1n) is 5.36. The predicted molar refractivity (Wildman–Crippen MR) is 84.0 cm³/mol. The highest BCUT2D eigenvalue weighted by molar-refractivity contribution is 8.12. The summed E-state index contributed by atoms with van der Waals surface area (Å²) in [7, 11) is -3.29. The van der Waals surface area contributed by atoms with Gasteiger partial charge in [0.25, 0.3) is 0 Å². The molecule has 7 N–H and O–H groups in total. The number of hydrogen-bond acceptors (Lipinski definition) is 7. The lowest BCUT2D eigenvalue weighted by Gasteiger charge is -2.12. The molecule has 0 saturated carbocycles. The minimum absolute atomic E-state index is 0.00556. The number of aliphatic imine (C=N–C) groups is 1. The smallest absolute Gasteiger partial charge is 0.212 e. The van der Waals surface area contributed by atoms with Gasteiger partial charge in [0.2, 0.25) is 5.13 Å². The lowest BCUT2D eigenvalue weighted by molar-refractivity contribution is 0.599. The van der Waals surface area contributed by atoms with Crippen LogP contribution >= 0.6 is 23.1 Å². The number of aromatic nitrogens is 1. The van der Waals surface area contributed by atoms with E-state index >= 15 is 0 Å². The number of guanidine groups is 1. The molecule has 1 heterocycles. The Morgan fingerprint density at radius 2 is 2.20 bits per heavy atom. The van der Waals surface area contributed by atoms with Crippen LogP contribution in [0, 0.1) is 5.41 Å². The molecule has 0 fully saturated rings. The van der Waals surface area contributed by atoms with E-state index < -0.39 is 14.4 Å². The highest BCUT2D eigenvalue weighted by atomic mass is 32.3. The van der Waals surface area contributed by atoms with E-state index in [2.05, 4.69) is 9.98 Å². The highest BCUT2D eigenvalue weighted by Crippen LogP contribution is 2.27. The van der Waals surface area contributed by atoms with Crippen molar-refractivity contribution in [1.29, 1.82) is 5.41 Å². The van der Waals surface area contributed by atoms with Crippen molar-refractivity contribution in [3.05, 3.63) is 11.1 Å². The molecular weight excluding hydrogens is 320 g/mol. The zero-order chi connectivity index (χ0) is 15.3. The fraction of sp³-hybridized carbons (Fsp3) is 0.444. The van der Waals surface area contributed by atoms with Crippen molar-refractivity contribution < 1.29 is 8.42 Å². The van der Waals surface area contributed by atoms with Crippen LogP contribution in [0.3, 0.4) is 0 Å². The van der Waals surface area contributed by atoms with Crippen LogP contribution in [-0.4, -0.2) is 36.0 Å². The fourth-order valence-corrected chi connectivity index (χ4v) is 4.50. The van der Waals surface area contributed by atoms with Gasteiger partial charge < -0.3 is 17.2 Å². The van der Waals surface area contributed by atoms with Gasteiger partial charge in [-0.2, -0.15) is 4.99 Å². The Kier molecular flexibility index (Phi) is 5.77. The second-order valence-corrected chi connectivity index (χ2v) is 8.51. The number of hydrogen-bond donors (Lipinski definition) is 4. The average molecular weight is 336 g/mol. The van der Waals surface area contributed by atoms with Gasteiger partial charge >= 0.3 is 0 Å². The van der Waals surface area contributed by atoms with Crippen LogP contribution in [0.2, 0.25) is 0 Å². The van der Waals surface area contributed by atoms with Crippen LogP contribution in [0.4, 0.5) is 5.13 Å². The lowest BCUT2D eigenvalue weighted by Crippen LogP contribution is -2.24. The van der Waals surface area contributed by atoms with Crippen LogP contribution in [0.15, 0.2) is 10.4 Å². The van der Waals surface area contributed by atoms with Gasteiger partial charge in [0, 0.05) is 23.8 Å². The van der Waals surface area contributed by atoms with Crippen LogP contribution in [-0.2, 0) is 15.6 Å². The van der Waals surface area contributed by atoms with Crippen molar-refractivity contribution in [2.75, 3.05) is 6.26 Å². The van der Waals surface area contributed by atoms with E-state index in [1.807, 2.05) is 0 Å². The van der Waals surface area contributed by atoms with E-state index in [0.717, 1.165) is 6.26 Å². The molecule has 0 spiro atoms. The van der Waals surface area contributed by atoms with Gasteiger partial charge in [-0.15, -0.1) is 23.1 Å². The largest absolute Gasteiger partial charge is 0.388 e. The number of rotatable bonds is 7. The van der Waals surface area contributed by atoms with Gasteiger partial charge in [0.15, 0.2) is 15.8 Å². The Bertz CT molecular complexity index is 605. The number of thiazole rings is 1. The van der Waals surface area contributed by atoms with E-state index in [0.29, 0.717) is 16.6 Å². The van der Waals surface area contributed by atoms with Crippen LogP contribution < -0.4 is 17.2 Å². The summed E-state index contributed by atoms with van der Waals surface area (Å²) in [4.78, 5) is 7.96. The summed E-state index contributed by atoms with van der Waals surface area (Å²) in [5, 5.41) is 9.38. The quantitative estimate of drug-likeness (QED) is 0.401. The maximum Gasteiger partial charge on any atom is 0.212 e. The molecule has 1 atom stereocenters. The molecule has 0 bridgehead atoms. The summed E-state index contributed by atoms with van der Waals surface area (Å²) in [6.07, 6.45) is 1.12. The van der Waals surface area contributed by atoms with E-state index in [9.17, 15) is 8.42 Å². The monoisotopic (exact) mass is 336 g/mol. The van der Waals surface area contributed by atoms with Gasteiger partial charge in [-0.3, -0.25) is 5.41 Å². The van der Waals surface area contributed by atoms with Crippen molar-refractivity contribution in [3.63, 3.8) is 0 Å². The Hall–Kier alpha value is -1.33. The summed E-state index contributed by atoms with van der Waals surface area (Å²) < 4.78 is 22.4. The van der Waals surface area contributed by atoms with Gasteiger partial charge in [0.1, 0.15) is 4.58 Å². The number of sulfone groups is 1. The summed E-state index contributed by atoms with van der Waals surface area (Å²) in [6, 6.07) is 0. The molecule has 0 amide bonds. The number of nitrogens with zero attached hydrogens (tertiary/aromatic N) is 2. The maximum absolute atomic E-state index is 11.6. The number of amidine groups is 1. The predicted octanol–water partition coefficient (Wildman–Crippen LogP) is -0.0220. The second-order valence-electron chi connectivity index (χ2n) is 3.96. The standard InChI is InChI=1S/C9H16N6O2S3/c1-20(16,17)7(2-6(10)11)18-3-5-4-19-9(14-5)15-8(12)13/h4,7H,2-3H2,1H3,(H3,10,11)(H4,12,13,14,15). The molecule has 0 aliphatic carbocycles. The zero-order valence-corrected chi connectivity index (χ0v) is 13.2. The van der Waals surface area contributed by atoms with E-state index in [4.69, 9.17) is 22.6 Å². The molecule has 0 aliphatic heterocycles.